The molecule has 0 atom stereocenters. The van der Waals surface area contributed by atoms with Gasteiger partial charge in [0.05, 0.1) is 23.0 Å². The summed E-state index contributed by atoms with van der Waals surface area (Å²) in [5.74, 6) is 0. The maximum atomic E-state index is 5.01. The lowest BCUT2D eigenvalue weighted by Crippen LogP contribution is -2.03. The molecule has 55 heavy (non-hydrogen) atoms. The number of fused-ring (bicyclic) bond motifs is 6. The first-order chi connectivity index (χ1) is 27.3. The fraction of sp³-hybridized carbons (Fsp3) is 0.174. The molecule has 274 valence electrons. The van der Waals surface area contributed by atoms with Crippen molar-refractivity contribution in [2.24, 2.45) is 0 Å². The fourth-order valence-electron chi connectivity index (χ4n) is 6.46. The molecule has 3 aliphatic carbocycles. The van der Waals surface area contributed by atoms with Crippen molar-refractivity contribution in [1.29, 1.82) is 0 Å². The van der Waals surface area contributed by atoms with Crippen molar-refractivity contribution in [3.63, 3.8) is 0 Å². The maximum absolute atomic E-state index is 5.01. The highest BCUT2D eigenvalue weighted by Crippen LogP contribution is 2.19. The van der Waals surface area contributed by atoms with Gasteiger partial charge in [0.1, 0.15) is 4.83 Å². The lowest BCUT2D eigenvalue weighted by Gasteiger charge is -2.12. The van der Waals surface area contributed by atoms with Gasteiger partial charge >= 0.3 is 0 Å². The number of nitrogens with zero attached hydrogens (tertiary/aromatic N) is 6. The summed E-state index contributed by atoms with van der Waals surface area (Å²) in [6, 6.07) is 30.2. The van der Waals surface area contributed by atoms with Gasteiger partial charge in [-0.05, 0) is 134 Å². The lowest BCUT2D eigenvalue weighted by molar-refractivity contribution is 0.603. The second kappa shape index (κ2) is 19.7. The molecule has 9 aromatic heterocycles. The minimum Gasteiger partial charge on any atom is -0.446 e. The van der Waals surface area contributed by atoms with Crippen LogP contribution < -0.4 is 0 Å². The Bertz CT molecular complexity index is 2250. The van der Waals surface area contributed by atoms with E-state index in [0.717, 1.165) is 27.7 Å². The van der Waals surface area contributed by atoms with Crippen molar-refractivity contribution in [3.8, 4) is 0 Å². The molecule has 0 spiro atoms. The number of aryl methyl sites for hydroxylation is 4. The number of nitrogens with one attached hydrogen (secondary N) is 1. The zero-order chi connectivity index (χ0) is 37.3. The van der Waals surface area contributed by atoms with E-state index in [4.69, 9.17) is 4.42 Å². The molecule has 0 bridgehead atoms. The number of pyridine rings is 6. The Hall–Kier alpha value is -6.32. The molecule has 0 aliphatic heterocycles. The first-order valence-electron chi connectivity index (χ1n) is 18.7. The van der Waals surface area contributed by atoms with Crippen LogP contribution in [0.3, 0.4) is 0 Å². The molecule has 1 N–H and O–H groups in total. The van der Waals surface area contributed by atoms with E-state index in [-0.39, 0.29) is 0 Å². The Morgan fingerprint density at radius 2 is 1.20 bits per heavy atom. The number of thiophene rings is 1. The number of aromatic amines is 1. The minimum atomic E-state index is 0.706. The zero-order valence-electron chi connectivity index (χ0n) is 30.7. The highest BCUT2D eigenvalue weighted by molar-refractivity contribution is 7.16. The van der Waals surface area contributed by atoms with Crippen molar-refractivity contribution in [1.82, 2.24) is 34.9 Å². The molecule has 0 radical (unpaired) electrons. The number of hydrogen-bond donors (Lipinski definition) is 1. The third-order valence-electron chi connectivity index (χ3n) is 9.25. The summed E-state index contributed by atoms with van der Waals surface area (Å²) in [4.78, 5) is 29.2. The van der Waals surface area contributed by atoms with Gasteiger partial charge in [-0.2, -0.15) is 0 Å². The second-order valence-electron chi connectivity index (χ2n) is 13.0. The summed E-state index contributed by atoms with van der Waals surface area (Å²) in [5, 5.41) is 4.34. The Kier molecular flexibility index (Phi) is 13.2. The number of H-pyrrole nitrogens is 1. The van der Waals surface area contributed by atoms with Gasteiger partial charge in [-0.25, -0.2) is 9.97 Å². The molecule has 8 nitrogen and oxygen atoms in total. The average Bonchev–Trinajstić information content (AvgIpc) is 4.12. The zero-order valence-corrected chi connectivity index (χ0v) is 31.5. The maximum Gasteiger partial charge on any atom is 0.225 e. The molecule has 9 heteroatoms. The van der Waals surface area contributed by atoms with Gasteiger partial charge in [-0.15, -0.1) is 11.3 Å². The van der Waals surface area contributed by atoms with E-state index in [9.17, 15) is 0 Å². The van der Waals surface area contributed by atoms with Gasteiger partial charge in [0.2, 0.25) is 5.71 Å². The molecule has 0 saturated carbocycles. The largest absolute Gasteiger partial charge is 0.446 e. The molecule has 9 aromatic rings. The fourth-order valence-corrected chi connectivity index (χ4v) is 7.19. The number of rotatable bonds is 0. The third kappa shape index (κ3) is 10.6. The second-order valence-corrected chi connectivity index (χ2v) is 13.9. The van der Waals surface area contributed by atoms with E-state index in [2.05, 4.69) is 82.8 Å². The summed E-state index contributed by atoms with van der Waals surface area (Å²) in [7, 11) is 0. The van der Waals surface area contributed by atoms with E-state index in [1.807, 2.05) is 91.6 Å². The average molecular weight is 742 g/mol. The topological polar surface area (TPSA) is 106 Å². The molecule has 0 saturated heterocycles. The van der Waals surface area contributed by atoms with Gasteiger partial charge in [0.25, 0.3) is 0 Å². The number of hydrogen-bond acceptors (Lipinski definition) is 8. The van der Waals surface area contributed by atoms with Crippen LogP contribution >= 0.6 is 11.3 Å². The molecule has 9 heterocycles. The Balaban J connectivity index is 0.000000102. The van der Waals surface area contributed by atoms with Crippen molar-refractivity contribution < 1.29 is 4.42 Å². The van der Waals surface area contributed by atoms with E-state index < -0.39 is 0 Å². The van der Waals surface area contributed by atoms with Crippen LogP contribution in [-0.4, -0.2) is 34.9 Å². The van der Waals surface area contributed by atoms with E-state index >= 15 is 0 Å². The van der Waals surface area contributed by atoms with Gasteiger partial charge in [-0.1, -0.05) is 36.4 Å². The highest BCUT2D eigenvalue weighted by Gasteiger charge is 2.09. The molecule has 3 aliphatic rings. The summed E-state index contributed by atoms with van der Waals surface area (Å²) in [5.41, 5.74) is 10.9. The van der Waals surface area contributed by atoms with Crippen LogP contribution in [0.25, 0.3) is 38.4 Å². The van der Waals surface area contributed by atoms with Crippen LogP contribution in [0.4, 0.5) is 0 Å². The van der Waals surface area contributed by atoms with Crippen LogP contribution in [0.15, 0.2) is 157 Å². The minimum absolute atomic E-state index is 0.706. The predicted octanol–water partition coefficient (Wildman–Crippen LogP) is 10.9. The molecule has 0 aromatic carbocycles. The molecular formula is C46H43N7OS. The number of aromatic nitrogens is 7. The van der Waals surface area contributed by atoms with Gasteiger partial charge in [0, 0.05) is 72.0 Å². The van der Waals surface area contributed by atoms with Crippen LogP contribution in [0.1, 0.15) is 53.0 Å². The molecule has 0 unspecified atom stereocenters. The molecule has 0 fully saturated rings. The Morgan fingerprint density at radius 3 is 1.96 bits per heavy atom. The third-order valence-corrected chi connectivity index (χ3v) is 10.1. The first kappa shape index (κ1) is 37.0. The van der Waals surface area contributed by atoms with Crippen LogP contribution in [-0.2, 0) is 32.1 Å². The standard InChI is InChI=1S/C9H11N.C8H9N.C8H7N.C7H6N2.C7H5NO.C7H5NS/c1-2-6-9-8(4-1)5-3-7-10-9;2*1-3-7-4-2-6-9-8(7)5-1;1-2-6-7(8-4-1)3-5-9-6;2*1-2-6-3-5-9-7(6)8-4-1/h3,5,7H,1-2,4,6H2;2,4,6H,1,3,5H2;1-4,6H,5H2;1-5,9H;2*1-5H. The van der Waals surface area contributed by atoms with Gasteiger partial charge in [-0.3, -0.25) is 19.9 Å². The van der Waals surface area contributed by atoms with E-state index in [0.29, 0.717) is 5.71 Å². The van der Waals surface area contributed by atoms with Crippen molar-refractivity contribution in [2.75, 3.05) is 0 Å². The molecule has 0 amide bonds. The highest BCUT2D eigenvalue weighted by atomic mass is 32.1. The Morgan fingerprint density at radius 1 is 0.545 bits per heavy atom. The SMILES string of the molecule is C1=Cc2cccnc2C1.c1cnc2c(c1)CCC2.c1cnc2c(c1)CCCC2.c1cnc2cc[nH]c2c1.c1cnc2occc2c1.c1cnc2sccc2c1. The quantitative estimate of drug-likeness (QED) is 0.165. The van der Waals surface area contributed by atoms with Crippen molar-refractivity contribution in [3.05, 3.63) is 186 Å². The first-order valence-corrected chi connectivity index (χ1v) is 19.6. The summed E-state index contributed by atoms with van der Waals surface area (Å²) < 4.78 is 5.01. The lowest BCUT2D eigenvalue weighted by atomic mass is 9.96. The normalized spacial score (nSPS) is 12.8. The summed E-state index contributed by atoms with van der Waals surface area (Å²) >= 11 is 1.68. The van der Waals surface area contributed by atoms with Crippen molar-refractivity contribution in [2.45, 2.75) is 51.4 Å². The number of furan rings is 1. The summed E-state index contributed by atoms with van der Waals surface area (Å²) in [6.07, 6.45) is 28.5. The van der Waals surface area contributed by atoms with Crippen molar-refractivity contribution >= 4 is 49.8 Å². The van der Waals surface area contributed by atoms with Gasteiger partial charge < -0.3 is 9.40 Å². The van der Waals surface area contributed by atoms with Gasteiger partial charge in [0.15, 0.2) is 0 Å². The van der Waals surface area contributed by atoms with E-state index in [1.54, 1.807) is 30.0 Å². The smallest absolute Gasteiger partial charge is 0.225 e. The van der Waals surface area contributed by atoms with Crippen LogP contribution in [0.2, 0.25) is 0 Å². The monoisotopic (exact) mass is 741 g/mol. The van der Waals surface area contributed by atoms with E-state index in [1.165, 1.54) is 84.1 Å². The molecule has 12 rings (SSSR count). The predicted molar refractivity (Wildman–Crippen MR) is 224 cm³/mol. The Labute approximate surface area is 325 Å². The summed E-state index contributed by atoms with van der Waals surface area (Å²) in [6.45, 7) is 0. The number of allylic oxidation sites excluding steroid dienone is 1. The van der Waals surface area contributed by atoms with Crippen LogP contribution in [0, 0.1) is 0 Å². The molecular weight excluding hydrogens is 699 g/mol. The van der Waals surface area contributed by atoms with Crippen LogP contribution in [0.5, 0.6) is 0 Å².